The molecule has 35 heavy (non-hydrogen) atoms. The molecule has 1 saturated heterocycles. The fourth-order valence-electron chi connectivity index (χ4n) is 3.95. The van der Waals surface area contributed by atoms with Gasteiger partial charge in [-0.15, -0.1) is 0 Å². The molecule has 1 aliphatic heterocycles. The molecule has 1 aromatic carbocycles. The Bertz CT molecular complexity index is 1170. The molecule has 1 fully saturated rings. The van der Waals surface area contributed by atoms with Crippen LogP contribution >= 0.6 is 51.6 Å². The van der Waals surface area contributed by atoms with Gasteiger partial charge in [0.2, 0.25) is 0 Å². The van der Waals surface area contributed by atoms with E-state index in [9.17, 15) is 0 Å². The van der Waals surface area contributed by atoms with Crippen LogP contribution in [-0.4, -0.2) is 53.8 Å². The molecular weight excluding hydrogens is 617 g/mol. The summed E-state index contributed by atoms with van der Waals surface area (Å²) in [5.74, 6) is 1.56. The predicted molar refractivity (Wildman–Crippen MR) is 156 cm³/mol. The van der Waals surface area contributed by atoms with Crippen LogP contribution in [0.5, 0.6) is 5.75 Å². The average molecular weight is 643 g/mol. The molecule has 2 aromatic heterocycles. The minimum absolute atomic E-state index is 0.373. The second-order valence-electron chi connectivity index (χ2n) is 8.27. The third-order valence-corrected chi connectivity index (χ3v) is 7.69. The third-order valence-electron chi connectivity index (χ3n) is 5.92. The van der Waals surface area contributed by atoms with Crippen molar-refractivity contribution in [3.8, 4) is 5.75 Å². The van der Waals surface area contributed by atoms with Crippen molar-refractivity contribution in [1.82, 2.24) is 14.9 Å². The highest BCUT2D eigenvalue weighted by Gasteiger charge is 2.19. The molecule has 2 atom stereocenters. The highest BCUT2D eigenvalue weighted by molar-refractivity contribution is 14.2. The summed E-state index contributed by atoms with van der Waals surface area (Å²) in [5.41, 5.74) is 3.40. The highest BCUT2D eigenvalue weighted by atomic mass is 127. The van der Waals surface area contributed by atoms with Gasteiger partial charge in [0, 0.05) is 73.5 Å². The van der Waals surface area contributed by atoms with E-state index < -0.39 is 6.10 Å². The van der Waals surface area contributed by atoms with Gasteiger partial charge in [-0.05, 0) is 66.3 Å². The molecule has 11 heteroatoms. The average Bonchev–Trinajstić information content (AvgIpc) is 2.85. The van der Waals surface area contributed by atoms with E-state index in [0.717, 1.165) is 48.8 Å². The number of aromatic nitrogens is 2. The Morgan fingerprint density at radius 1 is 1.11 bits per heavy atom. The highest BCUT2D eigenvalue weighted by Crippen LogP contribution is 2.35. The zero-order valence-corrected chi connectivity index (χ0v) is 24.0. The van der Waals surface area contributed by atoms with Gasteiger partial charge in [0.15, 0.2) is 0 Å². The van der Waals surface area contributed by atoms with Gasteiger partial charge in [0.1, 0.15) is 17.7 Å². The minimum Gasteiger partial charge on any atom is -0.486 e. The van der Waals surface area contributed by atoms with Crippen LogP contribution < -0.4 is 14.7 Å². The van der Waals surface area contributed by atoms with Crippen LogP contribution in [-0.2, 0) is 0 Å². The molecule has 0 radical (unpaired) electrons. The lowest BCUT2D eigenvalue weighted by Crippen LogP contribution is -2.44. The zero-order valence-electron chi connectivity index (χ0n) is 19.4. The Labute approximate surface area is 230 Å². The van der Waals surface area contributed by atoms with Crippen molar-refractivity contribution < 1.29 is 4.74 Å². The molecule has 0 amide bonds. The van der Waals surface area contributed by atoms with Gasteiger partial charge in [-0.3, -0.25) is 10.4 Å². The molecule has 4 rings (SSSR count). The maximum Gasteiger partial charge on any atom is 0.128 e. The largest absolute Gasteiger partial charge is 0.486 e. The number of hydrogen-bond acceptors (Lipinski definition) is 7. The van der Waals surface area contributed by atoms with E-state index in [0.29, 0.717) is 33.4 Å². The first kappa shape index (κ1) is 26.4. The van der Waals surface area contributed by atoms with Gasteiger partial charge in [0.25, 0.3) is 0 Å². The maximum atomic E-state index is 8.94. The standard InChI is InChI=1S/C24H26Cl2IN6OP/c1-15(23-19(25)13-29-14-20(23)26)34-17-4-5-21(31-35-27)18(11-17)24(28)16-3-6-22(30-12-16)33-9-7-32(2)8-10-33/h3-6,11-15,28,31,35H,7-10H2,1-2H3/t15-/m1/s1. The number of nitrogens with one attached hydrogen (secondary N) is 2. The molecule has 1 unspecified atom stereocenters. The Kier molecular flexibility index (Phi) is 9.05. The third kappa shape index (κ3) is 6.35. The van der Waals surface area contributed by atoms with Crippen LogP contribution in [0.2, 0.25) is 10.0 Å². The maximum absolute atomic E-state index is 8.94. The monoisotopic (exact) mass is 642 g/mol. The van der Waals surface area contributed by atoms with Crippen molar-refractivity contribution in [3.05, 3.63) is 75.7 Å². The summed E-state index contributed by atoms with van der Waals surface area (Å²) < 4.78 is 6.18. The molecular formula is C24H26Cl2IN6OP. The summed E-state index contributed by atoms with van der Waals surface area (Å²) in [6.07, 6.45) is 4.95. The van der Waals surface area contributed by atoms with Crippen molar-refractivity contribution in [2.45, 2.75) is 13.0 Å². The Hall–Kier alpha value is -1.71. The van der Waals surface area contributed by atoms with Crippen LogP contribution in [0.25, 0.3) is 0 Å². The summed E-state index contributed by atoms with van der Waals surface area (Å²) in [4.78, 5) is 13.3. The first-order chi connectivity index (χ1) is 16.9. The van der Waals surface area contributed by atoms with E-state index >= 15 is 0 Å². The van der Waals surface area contributed by atoms with E-state index in [1.807, 2.05) is 37.3 Å². The summed E-state index contributed by atoms with van der Waals surface area (Å²) in [6, 6.07) is 9.64. The second-order valence-corrected chi connectivity index (χ2v) is 11.1. The summed E-state index contributed by atoms with van der Waals surface area (Å²) in [7, 11) is 2.13. The number of ether oxygens (including phenoxy) is 1. The molecule has 0 aliphatic carbocycles. The molecule has 0 spiro atoms. The van der Waals surface area contributed by atoms with E-state index in [1.165, 1.54) is 0 Å². The van der Waals surface area contributed by atoms with Crippen molar-refractivity contribution in [1.29, 1.82) is 5.41 Å². The number of hydrogen-bond donors (Lipinski definition) is 2. The number of piperazine rings is 1. The molecule has 0 bridgehead atoms. The van der Waals surface area contributed by atoms with Crippen LogP contribution in [0.4, 0.5) is 11.5 Å². The van der Waals surface area contributed by atoms with Crippen molar-refractivity contribution >= 4 is 68.8 Å². The fraction of sp³-hybridized carbons (Fsp3) is 0.292. The summed E-state index contributed by atoms with van der Waals surface area (Å²) in [5, 5.41) is 13.2. The van der Waals surface area contributed by atoms with Crippen LogP contribution in [0.3, 0.4) is 0 Å². The van der Waals surface area contributed by atoms with Crippen LogP contribution in [0, 0.1) is 5.41 Å². The van der Waals surface area contributed by atoms with Gasteiger partial charge in [0.05, 0.1) is 15.8 Å². The predicted octanol–water partition coefficient (Wildman–Crippen LogP) is 6.45. The van der Waals surface area contributed by atoms with Gasteiger partial charge < -0.3 is 19.6 Å². The van der Waals surface area contributed by atoms with E-state index in [1.54, 1.807) is 18.6 Å². The molecule has 184 valence electrons. The Balaban J connectivity index is 1.57. The number of likely N-dealkylation sites (N-methyl/N-ethyl adjacent to an activating group) is 1. The number of pyridine rings is 2. The second kappa shape index (κ2) is 12.0. The van der Waals surface area contributed by atoms with Crippen LogP contribution in [0.15, 0.2) is 48.9 Å². The molecule has 1 aliphatic rings. The van der Waals surface area contributed by atoms with Gasteiger partial charge >= 0.3 is 0 Å². The lowest BCUT2D eigenvalue weighted by molar-refractivity contribution is 0.227. The lowest BCUT2D eigenvalue weighted by atomic mass is 10.0. The zero-order chi connectivity index (χ0) is 24.9. The first-order valence-corrected chi connectivity index (χ1v) is 15.9. The smallest absolute Gasteiger partial charge is 0.128 e. The van der Waals surface area contributed by atoms with E-state index in [4.69, 9.17) is 33.3 Å². The van der Waals surface area contributed by atoms with Gasteiger partial charge in [-0.25, -0.2) is 4.98 Å². The molecule has 0 saturated carbocycles. The summed E-state index contributed by atoms with van der Waals surface area (Å²) >= 11 is 14.9. The van der Waals surface area contributed by atoms with Crippen LogP contribution in [0.1, 0.15) is 29.7 Å². The molecule has 7 nitrogen and oxygen atoms in total. The van der Waals surface area contributed by atoms with Gasteiger partial charge in [-0.1, -0.05) is 23.2 Å². The SMILES string of the molecule is C[C@@H](Oc1ccc(NPI)c(C(=N)c2ccc(N3CCN(C)CC3)nc2)c1)c1c(Cl)cncc1Cl. The quantitative estimate of drug-likeness (QED) is 0.167. The van der Waals surface area contributed by atoms with Gasteiger partial charge in [-0.2, -0.15) is 0 Å². The number of anilines is 2. The van der Waals surface area contributed by atoms with E-state index in [-0.39, 0.29) is 0 Å². The molecule has 3 aromatic rings. The van der Waals surface area contributed by atoms with Crippen molar-refractivity contribution in [2.24, 2.45) is 0 Å². The molecule has 3 heterocycles. The first-order valence-electron chi connectivity index (χ1n) is 11.1. The number of benzene rings is 1. The number of halogens is 3. The number of nitrogens with zero attached hydrogens (tertiary/aromatic N) is 4. The Morgan fingerprint density at radius 3 is 2.46 bits per heavy atom. The number of rotatable bonds is 8. The minimum atomic E-state index is -0.394. The fourth-order valence-corrected chi connectivity index (χ4v) is 5.81. The van der Waals surface area contributed by atoms with Crippen molar-refractivity contribution in [3.63, 3.8) is 0 Å². The van der Waals surface area contributed by atoms with Crippen molar-refractivity contribution in [2.75, 3.05) is 43.2 Å². The Morgan fingerprint density at radius 2 is 1.83 bits per heavy atom. The topological polar surface area (TPSA) is 77.4 Å². The summed E-state index contributed by atoms with van der Waals surface area (Å²) in [6.45, 7) is 5.83. The van der Waals surface area contributed by atoms with E-state index in [2.05, 4.69) is 53.9 Å². The lowest BCUT2D eigenvalue weighted by Gasteiger charge is -2.33. The normalized spacial score (nSPS) is 15.4. The molecule has 2 N–H and O–H groups in total.